The zero-order chi connectivity index (χ0) is 26.9. The van der Waals surface area contributed by atoms with Crippen LogP contribution in [0.5, 0.6) is 0 Å². The smallest absolute Gasteiger partial charge is 0.227 e. The summed E-state index contributed by atoms with van der Waals surface area (Å²) < 4.78 is 3.98. The molecule has 196 valence electrons. The van der Waals surface area contributed by atoms with Crippen LogP contribution < -0.4 is 10.6 Å². The van der Waals surface area contributed by atoms with E-state index in [0.717, 1.165) is 46.9 Å². The van der Waals surface area contributed by atoms with Gasteiger partial charge in [-0.15, -0.1) is 0 Å². The molecule has 0 radical (unpaired) electrons. The van der Waals surface area contributed by atoms with Crippen LogP contribution in [0.1, 0.15) is 49.8 Å². The number of hydrogen-bond donors (Lipinski definition) is 3. The Morgan fingerprint density at radius 2 is 2.11 bits per heavy atom. The Balaban J connectivity index is 1.47. The highest BCUT2D eigenvalue weighted by molar-refractivity contribution is 5.76. The topological polar surface area (TPSA) is 130 Å². The van der Waals surface area contributed by atoms with Crippen LogP contribution in [-0.2, 0) is 25.4 Å². The fraction of sp³-hybridized carbons (Fsp3) is 0.393. The SMILES string of the molecule is CC(C)CCc1c(Nc2nccc(-c3cc(C#N)c4c(c3)[C@@](C)(CO)CN4)n2)cnn1Cc1nccn1C. The molecule has 0 aliphatic carbocycles. The van der Waals surface area contributed by atoms with Gasteiger partial charge in [-0.2, -0.15) is 10.4 Å². The Hall–Kier alpha value is -4.23. The quantitative estimate of drug-likeness (QED) is 0.307. The summed E-state index contributed by atoms with van der Waals surface area (Å²) in [5, 5.41) is 31.1. The lowest BCUT2D eigenvalue weighted by Gasteiger charge is -2.21. The van der Waals surface area contributed by atoms with Crippen molar-refractivity contribution in [2.75, 3.05) is 23.8 Å². The van der Waals surface area contributed by atoms with Gasteiger partial charge in [-0.3, -0.25) is 4.68 Å². The molecule has 0 fully saturated rings. The minimum Gasteiger partial charge on any atom is -0.395 e. The lowest BCUT2D eigenvalue weighted by Crippen LogP contribution is -2.28. The molecular formula is C28H33N9O. The number of aliphatic hydroxyl groups excluding tert-OH is 1. The zero-order valence-electron chi connectivity index (χ0n) is 22.2. The van der Waals surface area contributed by atoms with Crippen LogP contribution in [0.25, 0.3) is 11.3 Å². The van der Waals surface area contributed by atoms with Gasteiger partial charge < -0.3 is 20.3 Å². The highest BCUT2D eigenvalue weighted by atomic mass is 16.3. The van der Waals surface area contributed by atoms with Crippen molar-refractivity contribution in [1.82, 2.24) is 29.3 Å². The van der Waals surface area contributed by atoms with Crippen molar-refractivity contribution in [3.05, 3.63) is 65.6 Å². The van der Waals surface area contributed by atoms with E-state index in [1.165, 1.54) is 0 Å². The molecule has 1 atom stereocenters. The monoisotopic (exact) mass is 511 g/mol. The minimum absolute atomic E-state index is 0.0146. The molecule has 10 heteroatoms. The average molecular weight is 512 g/mol. The van der Waals surface area contributed by atoms with E-state index in [0.29, 0.717) is 36.2 Å². The van der Waals surface area contributed by atoms with Gasteiger partial charge in [0.05, 0.1) is 47.7 Å². The van der Waals surface area contributed by atoms with Crippen molar-refractivity contribution in [3.63, 3.8) is 0 Å². The largest absolute Gasteiger partial charge is 0.395 e. The van der Waals surface area contributed by atoms with Crippen molar-refractivity contribution in [2.24, 2.45) is 13.0 Å². The number of nitrogens with one attached hydrogen (secondary N) is 2. The van der Waals surface area contributed by atoms with Crippen LogP contribution in [-0.4, -0.2) is 47.6 Å². The van der Waals surface area contributed by atoms with E-state index < -0.39 is 5.41 Å². The van der Waals surface area contributed by atoms with Gasteiger partial charge in [0.25, 0.3) is 0 Å². The number of nitriles is 1. The van der Waals surface area contributed by atoms with E-state index in [4.69, 9.17) is 4.98 Å². The molecule has 4 heterocycles. The standard InChI is InChI=1S/C28H33N9O/c1-18(2)5-6-24-23(14-33-37(24)15-25-30-9-10-36(25)4)35-27-31-8-7-22(34-27)19-11-20(13-29)26-21(12-19)28(3,17-38)16-32-26/h7-12,14,18,32,38H,5-6,15-17H2,1-4H3,(H,31,34,35)/t28-/m1/s1. The summed E-state index contributed by atoms with van der Waals surface area (Å²) in [5.74, 6) is 1.93. The Kier molecular flexibility index (Phi) is 6.87. The van der Waals surface area contributed by atoms with E-state index >= 15 is 0 Å². The van der Waals surface area contributed by atoms with Gasteiger partial charge in [0.15, 0.2) is 0 Å². The molecule has 0 saturated heterocycles. The number of fused-ring (bicyclic) bond motifs is 1. The van der Waals surface area contributed by atoms with Gasteiger partial charge >= 0.3 is 0 Å². The third kappa shape index (κ3) is 4.85. The number of aromatic nitrogens is 6. The number of rotatable bonds is 9. The number of anilines is 3. The molecule has 4 aromatic rings. The second kappa shape index (κ2) is 10.3. The summed E-state index contributed by atoms with van der Waals surface area (Å²) in [5.41, 5.74) is 5.22. The molecule has 1 aliphatic heterocycles. The van der Waals surface area contributed by atoms with Crippen LogP contribution in [0, 0.1) is 17.2 Å². The number of aryl methyl sites for hydroxylation is 1. The molecular weight excluding hydrogens is 478 g/mol. The van der Waals surface area contributed by atoms with E-state index in [2.05, 4.69) is 45.6 Å². The molecule has 5 rings (SSSR count). The zero-order valence-corrected chi connectivity index (χ0v) is 22.2. The lowest BCUT2D eigenvalue weighted by atomic mass is 9.83. The number of imidazole rings is 1. The molecule has 0 amide bonds. The highest BCUT2D eigenvalue weighted by Crippen LogP contribution is 2.41. The van der Waals surface area contributed by atoms with Crippen molar-refractivity contribution in [2.45, 2.75) is 45.6 Å². The predicted molar refractivity (Wildman–Crippen MR) is 146 cm³/mol. The van der Waals surface area contributed by atoms with Gasteiger partial charge in [-0.05, 0) is 42.5 Å². The number of aliphatic hydroxyl groups is 1. The fourth-order valence-corrected chi connectivity index (χ4v) is 4.79. The molecule has 3 aromatic heterocycles. The van der Waals surface area contributed by atoms with Gasteiger partial charge in [-0.1, -0.05) is 20.8 Å². The Labute approximate surface area is 222 Å². The molecule has 0 unspecified atom stereocenters. The van der Waals surface area contributed by atoms with Gasteiger partial charge in [0.2, 0.25) is 5.95 Å². The van der Waals surface area contributed by atoms with E-state index in [1.54, 1.807) is 12.4 Å². The van der Waals surface area contributed by atoms with Crippen LogP contribution in [0.15, 0.2) is 43.0 Å². The van der Waals surface area contributed by atoms with Crippen LogP contribution in [0.3, 0.4) is 0 Å². The third-order valence-corrected chi connectivity index (χ3v) is 7.23. The molecule has 0 bridgehead atoms. The fourth-order valence-electron chi connectivity index (χ4n) is 4.79. The minimum atomic E-state index is -0.460. The molecule has 0 saturated carbocycles. The number of benzene rings is 1. The Morgan fingerprint density at radius 1 is 1.26 bits per heavy atom. The normalized spacial score (nSPS) is 16.3. The average Bonchev–Trinajstić information content (AvgIpc) is 3.60. The summed E-state index contributed by atoms with van der Waals surface area (Å²) in [6.07, 6.45) is 9.12. The van der Waals surface area contributed by atoms with Gasteiger partial charge in [0, 0.05) is 43.2 Å². The molecule has 1 aromatic carbocycles. The van der Waals surface area contributed by atoms with Crippen molar-refractivity contribution >= 4 is 17.3 Å². The summed E-state index contributed by atoms with van der Waals surface area (Å²) >= 11 is 0. The van der Waals surface area contributed by atoms with Gasteiger partial charge in [-0.25, -0.2) is 15.0 Å². The maximum atomic E-state index is 10.0. The second-order valence-corrected chi connectivity index (χ2v) is 10.6. The first-order valence-electron chi connectivity index (χ1n) is 12.9. The molecule has 1 aliphatic rings. The summed E-state index contributed by atoms with van der Waals surface area (Å²) in [4.78, 5) is 13.7. The first-order valence-corrected chi connectivity index (χ1v) is 12.9. The highest BCUT2D eigenvalue weighted by Gasteiger charge is 2.36. The summed E-state index contributed by atoms with van der Waals surface area (Å²) in [6.45, 7) is 7.55. The van der Waals surface area contributed by atoms with E-state index in [-0.39, 0.29) is 6.61 Å². The Bertz CT molecular complexity index is 1500. The maximum absolute atomic E-state index is 10.0. The first-order chi connectivity index (χ1) is 18.3. The lowest BCUT2D eigenvalue weighted by molar-refractivity contribution is 0.219. The molecule has 10 nitrogen and oxygen atoms in total. The van der Waals surface area contributed by atoms with Crippen LogP contribution in [0.2, 0.25) is 0 Å². The van der Waals surface area contributed by atoms with Crippen molar-refractivity contribution in [3.8, 4) is 17.3 Å². The second-order valence-electron chi connectivity index (χ2n) is 10.6. The Morgan fingerprint density at radius 3 is 2.82 bits per heavy atom. The third-order valence-electron chi connectivity index (χ3n) is 7.23. The number of nitrogens with zero attached hydrogens (tertiary/aromatic N) is 7. The number of hydrogen-bond acceptors (Lipinski definition) is 8. The van der Waals surface area contributed by atoms with Gasteiger partial charge in [0.1, 0.15) is 11.9 Å². The molecule has 3 N–H and O–H groups in total. The van der Waals surface area contributed by atoms with Crippen LogP contribution >= 0.6 is 0 Å². The first kappa shape index (κ1) is 25.4. The van der Waals surface area contributed by atoms with Crippen molar-refractivity contribution in [1.29, 1.82) is 5.26 Å². The van der Waals surface area contributed by atoms with E-state index in [9.17, 15) is 10.4 Å². The van der Waals surface area contributed by atoms with E-state index in [1.807, 2.05) is 53.8 Å². The summed E-state index contributed by atoms with van der Waals surface area (Å²) in [7, 11) is 1.98. The maximum Gasteiger partial charge on any atom is 0.227 e. The van der Waals surface area contributed by atoms with Crippen LogP contribution in [0.4, 0.5) is 17.3 Å². The summed E-state index contributed by atoms with van der Waals surface area (Å²) in [6, 6.07) is 7.96. The van der Waals surface area contributed by atoms with Crippen molar-refractivity contribution < 1.29 is 5.11 Å². The predicted octanol–water partition coefficient (Wildman–Crippen LogP) is 4.00. The molecule has 38 heavy (non-hydrogen) atoms. The molecule has 0 spiro atoms.